The van der Waals surface area contributed by atoms with E-state index in [1.807, 2.05) is 60.7 Å². The van der Waals surface area contributed by atoms with Crippen molar-refractivity contribution in [1.29, 1.82) is 0 Å². The van der Waals surface area contributed by atoms with Gasteiger partial charge in [-0.25, -0.2) is 4.79 Å². The number of urea groups is 1. The maximum absolute atomic E-state index is 11.9. The topological polar surface area (TPSA) is 70.6 Å². The highest BCUT2D eigenvalue weighted by Crippen LogP contribution is 2.34. The predicted octanol–water partition coefficient (Wildman–Crippen LogP) is 2.52. The molecule has 25 heavy (non-hydrogen) atoms. The summed E-state index contributed by atoms with van der Waals surface area (Å²) in [6, 6.07) is 19.3. The maximum Gasteiger partial charge on any atom is 0.314 e. The molecule has 2 rings (SSSR count). The number of hydrogen-bond acceptors (Lipinski definition) is 3. The lowest BCUT2D eigenvalue weighted by molar-refractivity contribution is 0.0451. The van der Waals surface area contributed by atoms with Crippen LogP contribution in [-0.4, -0.2) is 43.5 Å². The first-order valence-electron chi connectivity index (χ1n) is 8.37. The molecule has 0 fully saturated rings. The van der Waals surface area contributed by atoms with Gasteiger partial charge in [0, 0.05) is 26.1 Å². The molecule has 0 spiro atoms. The second-order valence-corrected chi connectivity index (χ2v) is 6.21. The van der Waals surface area contributed by atoms with Crippen LogP contribution in [0.25, 0.3) is 0 Å². The summed E-state index contributed by atoms with van der Waals surface area (Å²) >= 11 is 0. The lowest BCUT2D eigenvalue weighted by Crippen LogP contribution is -2.48. The zero-order valence-electron chi connectivity index (χ0n) is 14.7. The van der Waals surface area contributed by atoms with E-state index in [0.29, 0.717) is 13.2 Å². The summed E-state index contributed by atoms with van der Waals surface area (Å²) in [6.07, 6.45) is 0. The average molecular weight is 342 g/mol. The Bertz CT molecular complexity index is 605. The minimum atomic E-state index is -1.15. The van der Waals surface area contributed by atoms with Gasteiger partial charge in [-0.15, -0.1) is 0 Å². The summed E-state index contributed by atoms with van der Waals surface area (Å²) < 4.78 is 4.90. The quantitative estimate of drug-likeness (QED) is 0.646. The molecule has 0 radical (unpaired) electrons. The number of carbonyl (C=O) groups excluding carboxylic acids is 1. The van der Waals surface area contributed by atoms with Crippen molar-refractivity contribution in [2.45, 2.75) is 18.4 Å². The third-order valence-electron chi connectivity index (χ3n) is 4.09. The first-order valence-corrected chi connectivity index (χ1v) is 8.37. The summed E-state index contributed by atoms with van der Waals surface area (Å²) in [5, 5.41) is 16.6. The van der Waals surface area contributed by atoms with Crippen LogP contribution < -0.4 is 10.6 Å². The number of methoxy groups -OCH3 is 1. The largest absolute Gasteiger partial charge is 0.387 e. The number of amides is 2. The van der Waals surface area contributed by atoms with Gasteiger partial charge in [0.1, 0.15) is 0 Å². The van der Waals surface area contributed by atoms with Crippen molar-refractivity contribution < 1.29 is 14.6 Å². The van der Waals surface area contributed by atoms with E-state index in [-0.39, 0.29) is 18.5 Å². The van der Waals surface area contributed by atoms with Gasteiger partial charge < -0.3 is 20.5 Å². The Morgan fingerprint density at radius 1 is 1.04 bits per heavy atom. The Balaban J connectivity index is 2.14. The van der Waals surface area contributed by atoms with E-state index < -0.39 is 5.60 Å². The second kappa shape index (κ2) is 9.20. The molecule has 0 aliphatic heterocycles. The normalized spacial score (nSPS) is 13.3. The fourth-order valence-corrected chi connectivity index (χ4v) is 2.89. The molecular weight excluding hydrogens is 316 g/mol. The van der Waals surface area contributed by atoms with Crippen molar-refractivity contribution in [3.63, 3.8) is 0 Å². The van der Waals surface area contributed by atoms with Crippen LogP contribution in [0.2, 0.25) is 0 Å². The molecule has 2 amide bonds. The molecule has 134 valence electrons. The number of carbonyl (C=O) groups is 1. The van der Waals surface area contributed by atoms with Crippen LogP contribution in [0.1, 0.15) is 24.0 Å². The number of nitrogens with one attached hydrogen (secondary N) is 2. The maximum atomic E-state index is 11.9. The van der Waals surface area contributed by atoms with Crippen LogP contribution in [0.3, 0.4) is 0 Å². The number of benzene rings is 2. The van der Waals surface area contributed by atoms with E-state index in [9.17, 15) is 9.90 Å². The van der Waals surface area contributed by atoms with Gasteiger partial charge in [-0.05, 0) is 18.1 Å². The zero-order valence-corrected chi connectivity index (χ0v) is 14.7. The molecule has 5 heteroatoms. The smallest absolute Gasteiger partial charge is 0.314 e. The summed E-state index contributed by atoms with van der Waals surface area (Å²) in [7, 11) is 1.58. The van der Waals surface area contributed by atoms with E-state index >= 15 is 0 Å². The fraction of sp³-hybridized carbons (Fsp3) is 0.350. The molecule has 1 atom stereocenters. The second-order valence-electron chi connectivity index (χ2n) is 6.21. The molecule has 0 aliphatic carbocycles. The van der Waals surface area contributed by atoms with Gasteiger partial charge in [0.2, 0.25) is 0 Å². The Morgan fingerprint density at radius 2 is 1.56 bits per heavy atom. The van der Waals surface area contributed by atoms with Crippen LogP contribution in [-0.2, 0) is 4.74 Å². The van der Waals surface area contributed by atoms with E-state index in [4.69, 9.17) is 4.74 Å². The first kappa shape index (κ1) is 19.0. The van der Waals surface area contributed by atoms with Gasteiger partial charge in [0.25, 0.3) is 0 Å². The van der Waals surface area contributed by atoms with Crippen molar-refractivity contribution in [2.24, 2.45) is 0 Å². The van der Waals surface area contributed by atoms with Gasteiger partial charge in [0.05, 0.1) is 12.2 Å². The Hall–Kier alpha value is -2.37. The molecule has 0 bridgehead atoms. The first-order chi connectivity index (χ1) is 12.0. The lowest BCUT2D eigenvalue weighted by atomic mass is 9.78. The van der Waals surface area contributed by atoms with Crippen LogP contribution in [0.15, 0.2) is 60.7 Å². The van der Waals surface area contributed by atoms with Gasteiger partial charge in [-0.1, -0.05) is 60.7 Å². The number of hydrogen-bond donors (Lipinski definition) is 3. The SMILES string of the molecule is COCCNC(=O)NCC(C)(O)C(c1ccccc1)c1ccccc1. The van der Waals surface area contributed by atoms with E-state index in [2.05, 4.69) is 10.6 Å². The highest BCUT2D eigenvalue weighted by atomic mass is 16.5. The van der Waals surface area contributed by atoms with Gasteiger partial charge in [-0.3, -0.25) is 0 Å². The van der Waals surface area contributed by atoms with Crippen LogP contribution in [0.5, 0.6) is 0 Å². The lowest BCUT2D eigenvalue weighted by Gasteiger charge is -2.34. The summed E-state index contributed by atoms with van der Waals surface area (Å²) in [5.74, 6) is -0.255. The number of aliphatic hydroxyl groups is 1. The molecule has 5 nitrogen and oxygen atoms in total. The predicted molar refractivity (Wildman–Crippen MR) is 98.6 cm³/mol. The number of rotatable bonds is 8. The van der Waals surface area contributed by atoms with Crippen molar-refractivity contribution >= 4 is 6.03 Å². The van der Waals surface area contributed by atoms with Crippen LogP contribution in [0.4, 0.5) is 4.79 Å². The molecule has 0 saturated heterocycles. The number of ether oxygens (including phenoxy) is 1. The zero-order chi connectivity index (χ0) is 18.1. The summed E-state index contributed by atoms with van der Waals surface area (Å²) in [6.45, 7) is 2.74. The highest BCUT2D eigenvalue weighted by Gasteiger charge is 2.34. The molecule has 2 aromatic rings. The molecule has 0 saturated carbocycles. The Kier molecular flexibility index (Phi) is 6.98. The Morgan fingerprint density at radius 3 is 2.04 bits per heavy atom. The molecule has 2 aromatic carbocycles. The van der Waals surface area contributed by atoms with Crippen molar-refractivity contribution in [3.05, 3.63) is 71.8 Å². The molecule has 3 N–H and O–H groups in total. The van der Waals surface area contributed by atoms with Gasteiger partial charge >= 0.3 is 6.03 Å². The third-order valence-corrected chi connectivity index (χ3v) is 4.09. The van der Waals surface area contributed by atoms with E-state index in [0.717, 1.165) is 11.1 Å². The minimum absolute atomic E-state index is 0.125. The van der Waals surface area contributed by atoms with Gasteiger partial charge in [-0.2, -0.15) is 0 Å². The standard InChI is InChI=1S/C20H26N2O3/c1-20(24,15-22-19(23)21-13-14-25-2)18(16-9-5-3-6-10-16)17-11-7-4-8-12-17/h3-12,18,24H,13-15H2,1-2H3,(H2,21,22,23). The molecular formula is C20H26N2O3. The minimum Gasteiger partial charge on any atom is -0.387 e. The van der Waals surface area contributed by atoms with E-state index in [1.165, 1.54) is 0 Å². The molecule has 0 aliphatic rings. The van der Waals surface area contributed by atoms with Crippen molar-refractivity contribution in [2.75, 3.05) is 26.8 Å². The third kappa shape index (κ3) is 5.59. The summed E-state index contributed by atoms with van der Waals surface area (Å²) in [4.78, 5) is 11.9. The van der Waals surface area contributed by atoms with E-state index in [1.54, 1.807) is 14.0 Å². The highest BCUT2D eigenvalue weighted by molar-refractivity contribution is 5.73. The van der Waals surface area contributed by atoms with Crippen molar-refractivity contribution in [1.82, 2.24) is 10.6 Å². The van der Waals surface area contributed by atoms with Crippen LogP contribution >= 0.6 is 0 Å². The van der Waals surface area contributed by atoms with Gasteiger partial charge in [0.15, 0.2) is 0 Å². The van der Waals surface area contributed by atoms with Crippen molar-refractivity contribution in [3.8, 4) is 0 Å². The average Bonchev–Trinajstić information content (AvgIpc) is 2.62. The molecule has 1 unspecified atom stereocenters. The molecule has 0 heterocycles. The fourth-order valence-electron chi connectivity index (χ4n) is 2.89. The van der Waals surface area contributed by atoms with Crippen LogP contribution in [0, 0.1) is 0 Å². The summed E-state index contributed by atoms with van der Waals surface area (Å²) in [5.41, 5.74) is 0.849. The molecule has 0 aromatic heterocycles. The Labute approximate surface area is 149 Å². The monoisotopic (exact) mass is 342 g/mol.